The summed E-state index contributed by atoms with van der Waals surface area (Å²) in [6, 6.07) is 3.77. The van der Waals surface area contributed by atoms with Gasteiger partial charge in [0.2, 0.25) is 10.0 Å². The second-order valence-corrected chi connectivity index (χ2v) is 9.07. The molecule has 1 N–H and O–H groups in total. The molecule has 1 unspecified atom stereocenters. The van der Waals surface area contributed by atoms with Gasteiger partial charge in [-0.1, -0.05) is 0 Å². The van der Waals surface area contributed by atoms with Gasteiger partial charge in [-0.25, -0.2) is 8.42 Å². The van der Waals surface area contributed by atoms with Crippen LogP contribution in [-0.4, -0.2) is 66.4 Å². The molecule has 0 bridgehead atoms. The highest BCUT2D eigenvalue weighted by atomic mass is 32.2. The highest BCUT2D eigenvalue weighted by Crippen LogP contribution is 2.31. The molecule has 0 radical (unpaired) electrons. The van der Waals surface area contributed by atoms with Crippen LogP contribution in [0, 0.1) is 10.1 Å². The molecular weight excluding hydrogens is 414 g/mol. The number of nitro benzene ring substituents is 1. The van der Waals surface area contributed by atoms with Crippen molar-refractivity contribution in [1.82, 2.24) is 14.1 Å². The number of nitro groups is 1. The van der Waals surface area contributed by atoms with Gasteiger partial charge >= 0.3 is 0 Å². The van der Waals surface area contributed by atoms with Gasteiger partial charge in [0.15, 0.2) is 0 Å². The Bertz CT molecular complexity index is 1010. The predicted octanol–water partition coefficient (Wildman–Crippen LogP) is 1.73. The van der Waals surface area contributed by atoms with Crippen LogP contribution in [0.2, 0.25) is 0 Å². The van der Waals surface area contributed by atoms with Crippen molar-refractivity contribution in [3.05, 3.63) is 40.7 Å². The van der Waals surface area contributed by atoms with Gasteiger partial charge in [-0.2, -0.15) is 9.40 Å². The van der Waals surface area contributed by atoms with Crippen molar-refractivity contribution >= 4 is 27.1 Å². The average Bonchev–Trinajstić information content (AvgIpc) is 3.41. The van der Waals surface area contributed by atoms with E-state index in [0.717, 1.165) is 25.5 Å². The molecule has 2 aliphatic rings. The van der Waals surface area contributed by atoms with Crippen molar-refractivity contribution < 1.29 is 22.8 Å². The number of morpholine rings is 1. The second kappa shape index (κ2) is 8.68. The summed E-state index contributed by atoms with van der Waals surface area (Å²) in [7, 11) is -3.94. The fraction of sp³-hybridized carbons (Fsp3) is 0.500. The van der Waals surface area contributed by atoms with E-state index in [2.05, 4.69) is 10.4 Å². The minimum atomic E-state index is -3.94. The first kappa shape index (κ1) is 20.7. The quantitative estimate of drug-likeness (QED) is 0.512. The normalized spacial score (nSPS) is 20.3. The molecule has 0 amide bonds. The lowest BCUT2D eigenvalue weighted by Crippen LogP contribution is -2.40. The molecule has 1 aromatic carbocycles. The molecule has 162 valence electrons. The summed E-state index contributed by atoms with van der Waals surface area (Å²) in [5, 5.41) is 18.6. The van der Waals surface area contributed by atoms with E-state index in [-0.39, 0.29) is 48.7 Å². The molecule has 2 aromatic rings. The van der Waals surface area contributed by atoms with Gasteiger partial charge in [-0.15, -0.1) is 0 Å². The van der Waals surface area contributed by atoms with E-state index in [9.17, 15) is 18.5 Å². The minimum Gasteiger partial charge on any atom is -0.379 e. The maximum Gasteiger partial charge on any atom is 0.270 e. The van der Waals surface area contributed by atoms with Crippen LogP contribution in [-0.2, 0) is 26.0 Å². The van der Waals surface area contributed by atoms with Crippen LogP contribution < -0.4 is 5.32 Å². The Labute approximate surface area is 173 Å². The maximum absolute atomic E-state index is 13.2. The van der Waals surface area contributed by atoms with E-state index in [0.29, 0.717) is 12.2 Å². The Hall–Kier alpha value is -2.54. The highest BCUT2D eigenvalue weighted by Gasteiger charge is 2.30. The molecule has 0 saturated carbocycles. The first-order valence-corrected chi connectivity index (χ1v) is 11.1. The van der Waals surface area contributed by atoms with Crippen molar-refractivity contribution in [2.75, 3.05) is 38.2 Å². The van der Waals surface area contributed by atoms with E-state index in [1.54, 1.807) is 17.1 Å². The number of hydrogen-bond acceptors (Lipinski definition) is 8. The average molecular weight is 437 g/mol. The van der Waals surface area contributed by atoms with Gasteiger partial charge in [0.25, 0.3) is 5.69 Å². The molecule has 2 aliphatic heterocycles. The monoisotopic (exact) mass is 437 g/mol. The Morgan fingerprint density at radius 3 is 2.77 bits per heavy atom. The zero-order valence-electron chi connectivity index (χ0n) is 16.3. The lowest BCUT2D eigenvalue weighted by atomic mass is 10.2. The highest BCUT2D eigenvalue weighted by molar-refractivity contribution is 7.89. The van der Waals surface area contributed by atoms with Crippen LogP contribution >= 0.6 is 0 Å². The third-order valence-electron chi connectivity index (χ3n) is 5.09. The third kappa shape index (κ3) is 4.46. The van der Waals surface area contributed by atoms with Gasteiger partial charge in [0.1, 0.15) is 4.90 Å². The summed E-state index contributed by atoms with van der Waals surface area (Å²) < 4.78 is 40.2. The molecule has 1 atom stereocenters. The van der Waals surface area contributed by atoms with E-state index in [4.69, 9.17) is 9.47 Å². The number of nitrogens with zero attached hydrogens (tertiary/aromatic N) is 4. The van der Waals surface area contributed by atoms with Gasteiger partial charge in [0, 0.05) is 38.0 Å². The largest absolute Gasteiger partial charge is 0.379 e. The zero-order chi connectivity index (χ0) is 21.1. The number of benzene rings is 1. The minimum absolute atomic E-state index is 0.120. The SMILES string of the molecule is O=[N+]([O-])c1ccc(Nc2cnn(CC3CCCO3)c2)c(S(=O)(=O)N2CCOCC2)c1. The molecule has 1 aromatic heterocycles. The van der Waals surface area contributed by atoms with Crippen LogP contribution in [0.25, 0.3) is 0 Å². The van der Waals surface area contributed by atoms with E-state index < -0.39 is 14.9 Å². The van der Waals surface area contributed by atoms with Crippen molar-refractivity contribution in [3.8, 4) is 0 Å². The lowest BCUT2D eigenvalue weighted by molar-refractivity contribution is -0.385. The fourth-order valence-electron chi connectivity index (χ4n) is 3.55. The van der Waals surface area contributed by atoms with Crippen molar-refractivity contribution in [3.63, 3.8) is 0 Å². The number of hydrogen-bond donors (Lipinski definition) is 1. The Balaban J connectivity index is 1.61. The first-order chi connectivity index (χ1) is 14.4. The molecule has 2 saturated heterocycles. The fourth-order valence-corrected chi connectivity index (χ4v) is 5.12. The summed E-state index contributed by atoms with van der Waals surface area (Å²) in [5.41, 5.74) is 0.547. The third-order valence-corrected chi connectivity index (χ3v) is 7.03. The molecule has 0 aliphatic carbocycles. The molecule has 0 spiro atoms. The van der Waals surface area contributed by atoms with Crippen LogP contribution in [0.5, 0.6) is 0 Å². The number of aromatic nitrogens is 2. The predicted molar refractivity (Wildman–Crippen MR) is 107 cm³/mol. The number of rotatable bonds is 7. The second-order valence-electron chi connectivity index (χ2n) is 7.17. The van der Waals surface area contributed by atoms with Crippen LogP contribution in [0.1, 0.15) is 12.8 Å². The first-order valence-electron chi connectivity index (χ1n) is 9.71. The van der Waals surface area contributed by atoms with Gasteiger partial charge in [-0.3, -0.25) is 14.8 Å². The summed E-state index contributed by atoms with van der Waals surface area (Å²) in [5.74, 6) is 0. The zero-order valence-corrected chi connectivity index (χ0v) is 17.1. The molecule has 2 fully saturated rings. The van der Waals surface area contributed by atoms with Gasteiger partial charge < -0.3 is 14.8 Å². The smallest absolute Gasteiger partial charge is 0.270 e. The Kier molecular flexibility index (Phi) is 5.99. The van der Waals surface area contributed by atoms with Crippen LogP contribution in [0.15, 0.2) is 35.5 Å². The molecule has 4 rings (SSSR count). The van der Waals surface area contributed by atoms with Crippen molar-refractivity contribution in [2.24, 2.45) is 0 Å². The van der Waals surface area contributed by atoms with E-state index in [1.807, 2.05) is 0 Å². The van der Waals surface area contributed by atoms with Crippen LogP contribution in [0.3, 0.4) is 0 Å². The Morgan fingerprint density at radius 2 is 2.07 bits per heavy atom. The van der Waals surface area contributed by atoms with Crippen molar-refractivity contribution in [1.29, 1.82) is 0 Å². The number of sulfonamides is 1. The van der Waals surface area contributed by atoms with Gasteiger partial charge in [0.05, 0.1) is 48.4 Å². The number of nitrogens with one attached hydrogen (secondary N) is 1. The molecular formula is C18H23N5O6S. The summed E-state index contributed by atoms with van der Waals surface area (Å²) in [6.07, 6.45) is 5.47. The summed E-state index contributed by atoms with van der Waals surface area (Å²) in [4.78, 5) is 10.5. The molecule has 12 heteroatoms. The van der Waals surface area contributed by atoms with E-state index in [1.165, 1.54) is 16.4 Å². The molecule has 11 nitrogen and oxygen atoms in total. The number of ether oxygens (including phenoxy) is 2. The van der Waals surface area contributed by atoms with Crippen LogP contribution in [0.4, 0.5) is 17.1 Å². The standard InChI is InChI=1S/C18H23N5O6S/c24-23(25)15-3-4-17(18(10-15)30(26,27)22-5-8-28-9-6-22)20-14-11-19-21(12-14)13-16-2-1-7-29-16/h3-4,10-12,16,20H,1-2,5-9,13H2. The topological polar surface area (TPSA) is 129 Å². The van der Waals surface area contributed by atoms with Gasteiger partial charge in [-0.05, 0) is 18.9 Å². The molecule has 30 heavy (non-hydrogen) atoms. The van der Waals surface area contributed by atoms with E-state index >= 15 is 0 Å². The van der Waals surface area contributed by atoms with Crippen molar-refractivity contribution in [2.45, 2.75) is 30.4 Å². The maximum atomic E-state index is 13.2. The number of non-ortho nitro benzene ring substituents is 1. The lowest BCUT2D eigenvalue weighted by Gasteiger charge is -2.26. The Morgan fingerprint density at radius 1 is 1.27 bits per heavy atom. The number of anilines is 2. The molecule has 3 heterocycles. The summed E-state index contributed by atoms with van der Waals surface area (Å²) >= 11 is 0. The summed E-state index contributed by atoms with van der Waals surface area (Å²) in [6.45, 7) is 2.33.